The molecule has 5 nitrogen and oxygen atoms in total. The molecule has 0 saturated carbocycles. The molecule has 0 heterocycles. The molecule has 0 aliphatic heterocycles. The summed E-state index contributed by atoms with van der Waals surface area (Å²) in [7, 11) is 1.52. The number of methoxy groups -OCH3 is 1. The van der Waals surface area contributed by atoms with Gasteiger partial charge >= 0.3 is 0 Å². The Hall–Kier alpha value is -2.53. The molecule has 0 aliphatic carbocycles. The van der Waals surface area contributed by atoms with E-state index in [9.17, 15) is 9.59 Å². The van der Waals surface area contributed by atoms with Crippen LogP contribution in [-0.4, -0.2) is 25.4 Å². The Labute approximate surface area is 145 Å². The molecule has 1 N–H and O–H groups in total. The molecule has 2 aromatic rings. The second-order valence-corrected chi connectivity index (χ2v) is 5.55. The fourth-order valence-electron chi connectivity index (χ4n) is 2.04. The first-order chi connectivity index (χ1) is 11.5. The fourth-order valence-corrected chi connectivity index (χ4v) is 2.16. The second-order valence-electron chi connectivity index (χ2n) is 5.11. The van der Waals surface area contributed by atoms with Crippen LogP contribution in [0.1, 0.15) is 22.8 Å². The lowest BCUT2D eigenvalue weighted by molar-refractivity contribution is -0.123. The number of carbonyl (C=O) groups excluding carboxylic acids is 2. The van der Waals surface area contributed by atoms with Crippen LogP contribution in [-0.2, 0) is 11.3 Å². The van der Waals surface area contributed by atoms with E-state index in [1.165, 1.54) is 14.0 Å². The van der Waals surface area contributed by atoms with Gasteiger partial charge in [0, 0.05) is 17.6 Å². The molecule has 6 heteroatoms. The Morgan fingerprint density at radius 1 is 1.12 bits per heavy atom. The Kier molecular flexibility index (Phi) is 6.21. The zero-order valence-electron chi connectivity index (χ0n) is 13.5. The smallest absolute Gasteiger partial charge is 0.258 e. The van der Waals surface area contributed by atoms with Crippen molar-refractivity contribution in [2.45, 2.75) is 13.5 Å². The number of rotatable bonds is 7. The number of hydrogen-bond acceptors (Lipinski definition) is 4. The Morgan fingerprint density at radius 2 is 1.83 bits per heavy atom. The van der Waals surface area contributed by atoms with E-state index in [2.05, 4.69) is 5.32 Å². The Balaban J connectivity index is 1.93. The number of halogens is 1. The van der Waals surface area contributed by atoms with E-state index in [0.717, 1.165) is 5.56 Å². The van der Waals surface area contributed by atoms with Gasteiger partial charge in [0.15, 0.2) is 12.4 Å². The number of Topliss-reactive ketones (excluding diaryl/α,β-unsaturated/α-hetero) is 1. The van der Waals surface area contributed by atoms with Crippen LogP contribution in [0.4, 0.5) is 0 Å². The molecule has 24 heavy (non-hydrogen) atoms. The minimum absolute atomic E-state index is 0.144. The number of ketones is 1. The van der Waals surface area contributed by atoms with Crippen molar-refractivity contribution in [1.29, 1.82) is 0 Å². The van der Waals surface area contributed by atoms with Gasteiger partial charge in [-0.15, -0.1) is 0 Å². The maximum Gasteiger partial charge on any atom is 0.258 e. The molecule has 0 fully saturated rings. The van der Waals surface area contributed by atoms with Crippen LogP contribution in [0.2, 0.25) is 5.02 Å². The van der Waals surface area contributed by atoms with Crippen molar-refractivity contribution in [2.75, 3.05) is 13.7 Å². The molecule has 0 atom stereocenters. The van der Waals surface area contributed by atoms with Gasteiger partial charge in [0.2, 0.25) is 0 Å². The lowest BCUT2D eigenvalue weighted by Gasteiger charge is -2.11. The van der Waals surface area contributed by atoms with Gasteiger partial charge in [0.25, 0.3) is 5.91 Å². The lowest BCUT2D eigenvalue weighted by atomic mass is 10.1. The number of amides is 1. The molecule has 0 bridgehead atoms. The summed E-state index contributed by atoms with van der Waals surface area (Å²) in [5.41, 5.74) is 1.33. The highest BCUT2D eigenvalue weighted by Crippen LogP contribution is 2.25. The van der Waals surface area contributed by atoms with Crippen LogP contribution >= 0.6 is 11.6 Å². The van der Waals surface area contributed by atoms with Gasteiger partial charge in [-0.2, -0.15) is 0 Å². The van der Waals surface area contributed by atoms with Gasteiger partial charge in [0.1, 0.15) is 11.5 Å². The highest BCUT2D eigenvalue weighted by Gasteiger charge is 2.12. The summed E-state index contributed by atoms with van der Waals surface area (Å²) in [5.74, 6) is 0.441. The maximum absolute atomic E-state index is 11.9. The van der Waals surface area contributed by atoms with Crippen LogP contribution in [0.3, 0.4) is 0 Å². The van der Waals surface area contributed by atoms with Gasteiger partial charge < -0.3 is 14.8 Å². The molecular weight excluding hydrogens is 330 g/mol. The molecular formula is C18H18ClNO4. The van der Waals surface area contributed by atoms with Crippen molar-refractivity contribution in [3.63, 3.8) is 0 Å². The van der Waals surface area contributed by atoms with Crippen molar-refractivity contribution in [2.24, 2.45) is 0 Å². The zero-order chi connectivity index (χ0) is 17.5. The van der Waals surface area contributed by atoms with E-state index in [1.54, 1.807) is 30.3 Å². The molecule has 0 spiro atoms. The molecule has 0 aliphatic rings. The quantitative estimate of drug-likeness (QED) is 0.781. The molecule has 2 rings (SSSR count). The van der Waals surface area contributed by atoms with Crippen molar-refractivity contribution >= 4 is 23.3 Å². The van der Waals surface area contributed by atoms with Gasteiger partial charge in [-0.3, -0.25) is 9.59 Å². The summed E-state index contributed by atoms with van der Waals surface area (Å²) in [6, 6.07) is 12.1. The third-order valence-corrected chi connectivity index (χ3v) is 3.58. The number of hydrogen-bond donors (Lipinski definition) is 1. The van der Waals surface area contributed by atoms with Crippen molar-refractivity contribution in [3.05, 3.63) is 58.6 Å². The first-order valence-corrected chi connectivity index (χ1v) is 7.70. The summed E-state index contributed by atoms with van der Waals surface area (Å²) in [5, 5.41) is 3.38. The SMILES string of the molecule is COc1ccc(C(C)=O)c(OCC(=O)NCc2ccc(Cl)cc2)c1. The van der Waals surface area contributed by atoms with Crippen molar-refractivity contribution < 1.29 is 19.1 Å². The van der Waals surface area contributed by atoms with Gasteiger partial charge in [0.05, 0.1) is 12.7 Å². The van der Waals surface area contributed by atoms with Crippen molar-refractivity contribution in [3.8, 4) is 11.5 Å². The first kappa shape index (κ1) is 17.8. The summed E-state index contributed by atoms with van der Waals surface area (Å²) >= 11 is 5.81. The Bertz CT molecular complexity index is 728. The minimum Gasteiger partial charge on any atom is -0.497 e. The van der Waals surface area contributed by atoms with Crippen LogP contribution in [0, 0.1) is 0 Å². The van der Waals surface area contributed by atoms with E-state index in [1.807, 2.05) is 12.1 Å². The van der Waals surface area contributed by atoms with E-state index in [-0.39, 0.29) is 18.3 Å². The van der Waals surface area contributed by atoms with Gasteiger partial charge in [-0.05, 0) is 36.8 Å². The number of carbonyl (C=O) groups is 2. The molecule has 0 radical (unpaired) electrons. The van der Waals surface area contributed by atoms with E-state index >= 15 is 0 Å². The molecule has 2 aromatic carbocycles. The number of ether oxygens (including phenoxy) is 2. The predicted molar refractivity (Wildman–Crippen MR) is 91.8 cm³/mol. The monoisotopic (exact) mass is 347 g/mol. The van der Waals surface area contributed by atoms with E-state index < -0.39 is 0 Å². The van der Waals surface area contributed by atoms with Crippen molar-refractivity contribution in [1.82, 2.24) is 5.32 Å². The average molecular weight is 348 g/mol. The molecule has 0 saturated heterocycles. The van der Waals surface area contributed by atoms with E-state index in [4.69, 9.17) is 21.1 Å². The lowest BCUT2D eigenvalue weighted by Crippen LogP contribution is -2.28. The minimum atomic E-state index is -0.290. The fraction of sp³-hybridized carbons (Fsp3) is 0.222. The molecule has 126 valence electrons. The third kappa shape index (κ3) is 4.99. The maximum atomic E-state index is 11.9. The van der Waals surface area contributed by atoms with Gasteiger partial charge in [-0.25, -0.2) is 0 Å². The topological polar surface area (TPSA) is 64.6 Å². The van der Waals surface area contributed by atoms with Gasteiger partial charge in [-0.1, -0.05) is 23.7 Å². The molecule has 1 amide bonds. The van der Waals surface area contributed by atoms with Crippen LogP contribution in [0.5, 0.6) is 11.5 Å². The predicted octanol–water partition coefficient (Wildman–Crippen LogP) is 3.25. The summed E-state index contributed by atoms with van der Waals surface area (Å²) < 4.78 is 10.6. The summed E-state index contributed by atoms with van der Waals surface area (Å²) in [6.45, 7) is 1.62. The zero-order valence-corrected chi connectivity index (χ0v) is 14.2. The number of benzene rings is 2. The Morgan fingerprint density at radius 3 is 2.46 bits per heavy atom. The summed E-state index contributed by atoms with van der Waals surface area (Å²) in [6.07, 6.45) is 0. The van der Waals surface area contributed by atoms with Crippen LogP contribution in [0.25, 0.3) is 0 Å². The van der Waals surface area contributed by atoms with Crippen LogP contribution in [0.15, 0.2) is 42.5 Å². The highest BCUT2D eigenvalue weighted by molar-refractivity contribution is 6.30. The standard InChI is InChI=1S/C18H18ClNO4/c1-12(21)16-8-7-15(23-2)9-17(16)24-11-18(22)20-10-13-3-5-14(19)6-4-13/h3-9H,10-11H2,1-2H3,(H,20,22). The largest absolute Gasteiger partial charge is 0.497 e. The summed E-state index contributed by atoms with van der Waals surface area (Å²) in [4.78, 5) is 23.5. The first-order valence-electron chi connectivity index (χ1n) is 7.32. The second kappa shape index (κ2) is 8.36. The molecule has 0 aromatic heterocycles. The highest BCUT2D eigenvalue weighted by atomic mass is 35.5. The normalized spacial score (nSPS) is 10.1. The van der Waals surface area contributed by atoms with Crippen LogP contribution < -0.4 is 14.8 Å². The number of nitrogens with one attached hydrogen (secondary N) is 1. The molecule has 0 unspecified atom stereocenters. The third-order valence-electron chi connectivity index (χ3n) is 3.33. The average Bonchev–Trinajstić information content (AvgIpc) is 2.59. The van der Waals surface area contributed by atoms with E-state index in [0.29, 0.717) is 28.6 Å².